The van der Waals surface area contributed by atoms with E-state index >= 15 is 0 Å². The van der Waals surface area contributed by atoms with Crippen molar-refractivity contribution in [3.05, 3.63) is 60.2 Å². The van der Waals surface area contributed by atoms with E-state index < -0.39 is 0 Å². The number of benzene rings is 2. The molecule has 0 N–H and O–H groups in total. The maximum Gasteiger partial charge on any atom is 0.332 e. The quantitative estimate of drug-likeness (QED) is 0.650. The van der Waals surface area contributed by atoms with Crippen molar-refractivity contribution in [2.45, 2.75) is 38.6 Å². The number of piperidine rings is 1. The van der Waals surface area contributed by atoms with Crippen molar-refractivity contribution in [2.75, 3.05) is 31.1 Å². The Morgan fingerprint density at radius 3 is 2.28 bits per heavy atom. The Hall–Kier alpha value is -3.35. The molecule has 0 aliphatic carbocycles. The molecule has 2 fully saturated rings. The van der Waals surface area contributed by atoms with Crippen molar-refractivity contribution in [2.24, 2.45) is 0 Å². The van der Waals surface area contributed by atoms with Gasteiger partial charge in [0.25, 0.3) is 11.8 Å². The highest BCUT2D eigenvalue weighted by Gasteiger charge is 2.41. The van der Waals surface area contributed by atoms with Crippen molar-refractivity contribution in [3.8, 4) is 5.75 Å². The maximum absolute atomic E-state index is 12.9. The summed E-state index contributed by atoms with van der Waals surface area (Å²) in [5, 5.41) is 0. The van der Waals surface area contributed by atoms with Crippen molar-refractivity contribution < 1.29 is 19.1 Å². The molecule has 0 unspecified atom stereocenters. The van der Waals surface area contributed by atoms with E-state index in [2.05, 4.69) is 13.8 Å². The zero-order chi connectivity index (χ0) is 22.7. The molecule has 2 heterocycles. The van der Waals surface area contributed by atoms with Crippen LogP contribution in [0.25, 0.3) is 0 Å². The number of hydrogen-bond acceptors (Lipinski definition) is 4. The highest BCUT2D eigenvalue weighted by Crippen LogP contribution is 2.26. The minimum atomic E-state index is -0.279. The van der Waals surface area contributed by atoms with Crippen molar-refractivity contribution in [1.29, 1.82) is 0 Å². The molecule has 0 bridgehead atoms. The van der Waals surface area contributed by atoms with E-state index in [1.807, 2.05) is 42.5 Å². The first-order valence-corrected chi connectivity index (χ1v) is 11.1. The predicted octanol–water partition coefficient (Wildman–Crippen LogP) is 3.65. The second kappa shape index (κ2) is 9.42. The van der Waals surface area contributed by atoms with Crippen LogP contribution in [0.4, 0.5) is 10.5 Å². The van der Waals surface area contributed by atoms with E-state index in [9.17, 15) is 14.4 Å². The zero-order valence-corrected chi connectivity index (χ0v) is 18.6. The number of imide groups is 1. The molecule has 0 spiro atoms. The van der Waals surface area contributed by atoms with Gasteiger partial charge in [0.2, 0.25) is 0 Å². The lowest BCUT2D eigenvalue weighted by Gasteiger charge is -2.36. The second-order valence-corrected chi connectivity index (χ2v) is 8.60. The van der Waals surface area contributed by atoms with E-state index in [0.717, 1.165) is 0 Å². The van der Waals surface area contributed by atoms with E-state index in [4.69, 9.17) is 4.74 Å². The normalized spacial score (nSPS) is 17.4. The number of hydrogen-bond donors (Lipinski definition) is 0. The van der Waals surface area contributed by atoms with Crippen LogP contribution < -0.4 is 9.64 Å². The molecule has 0 saturated carbocycles. The Bertz CT molecular complexity index is 966. The zero-order valence-electron chi connectivity index (χ0n) is 18.6. The summed E-state index contributed by atoms with van der Waals surface area (Å²) in [7, 11) is 0. The number of likely N-dealkylation sites (tertiary alicyclic amines) is 1. The fraction of sp³-hybridized carbons (Fsp3) is 0.400. The van der Waals surface area contributed by atoms with Crippen molar-refractivity contribution >= 4 is 23.5 Å². The van der Waals surface area contributed by atoms with Gasteiger partial charge in [0, 0.05) is 19.1 Å². The van der Waals surface area contributed by atoms with Crippen LogP contribution in [-0.2, 0) is 9.59 Å². The molecule has 7 nitrogen and oxygen atoms in total. The lowest BCUT2D eigenvalue weighted by Crippen LogP contribution is -2.49. The van der Waals surface area contributed by atoms with Gasteiger partial charge >= 0.3 is 6.03 Å². The molecule has 2 saturated heterocycles. The van der Waals surface area contributed by atoms with Crippen LogP contribution >= 0.6 is 0 Å². The number of ether oxygens (including phenoxy) is 1. The van der Waals surface area contributed by atoms with Gasteiger partial charge in [-0.05, 0) is 48.6 Å². The molecule has 2 aromatic rings. The Balaban J connectivity index is 1.28. The van der Waals surface area contributed by atoms with Crippen molar-refractivity contribution in [3.63, 3.8) is 0 Å². The third-order valence-corrected chi connectivity index (χ3v) is 6.17. The topological polar surface area (TPSA) is 70.2 Å². The molecule has 2 aromatic carbocycles. The fourth-order valence-electron chi connectivity index (χ4n) is 4.25. The third kappa shape index (κ3) is 4.61. The number of urea groups is 1. The molecule has 7 heteroatoms. The number of rotatable bonds is 6. The lowest BCUT2D eigenvalue weighted by molar-refractivity contribution is -0.134. The number of anilines is 1. The van der Waals surface area contributed by atoms with Crippen LogP contribution in [-0.4, -0.2) is 59.9 Å². The number of para-hydroxylation sites is 1. The Morgan fingerprint density at radius 2 is 1.66 bits per heavy atom. The van der Waals surface area contributed by atoms with Gasteiger partial charge in [0.05, 0.1) is 5.69 Å². The molecule has 0 radical (unpaired) electrons. The molecule has 4 rings (SSSR count). The summed E-state index contributed by atoms with van der Waals surface area (Å²) in [6.45, 7) is 5.43. The average molecular weight is 436 g/mol. The number of carbonyl (C=O) groups excluding carboxylic acids is 3. The standard InChI is InChI=1S/C25H29N3O4/c1-18(2)19-8-10-22(11-9-19)32-17-24(30)26-14-12-20(13-15-26)27-16-23(29)28(25(27)31)21-6-4-3-5-7-21/h3-11,18,20H,12-17H2,1-2H3. The van der Waals surface area contributed by atoms with Crippen LogP contribution in [0, 0.1) is 0 Å². The summed E-state index contributed by atoms with van der Waals surface area (Å²) in [5.41, 5.74) is 1.82. The third-order valence-electron chi connectivity index (χ3n) is 6.17. The van der Waals surface area contributed by atoms with Gasteiger partial charge in [0.15, 0.2) is 6.61 Å². The number of carbonyl (C=O) groups is 3. The molecule has 2 aliphatic rings. The fourth-order valence-corrected chi connectivity index (χ4v) is 4.25. The summed E-state index contributed by atoms with van der Waals surface area (Å²) in [6, 6.07) is 16.5. The minimum absolute atomic E-state index is 0.00535. The maximum atomic E-state index is 12.9. The first-order chi connectivity index (χ1) is 15.4. The largest absolute Gasteiger partial charge is 0.484 e. The van der Waals surface area contributed by atoms with Gasteiger partial charge in [0.1, 0.15) is 12.3 Å². The summed E-state index contributed by atoms with van der Waals surface area (Å²) in [6.07, 6.45) is 1.30. The highest BCUT2D eigenvalue weighted by atomic mass is 16.5. The van der Waals surface area contributed by atoms with E-state index in [-0.39, 0.29) is 37.0 Å². The minimum Gasteiger partial charge on any atom is -0.484 e. The van der Waals surface area contributed by atoms with Crippen LogP contribution in [0.1, 0.15) is 38.2 Å². The number of amides is 4. The molecule has 168 valence electrons. The first-order valence-electron chi connectivity index (χ1n) is 11.1. The van der Waals surface area contributed by atoms with Gasteiger partial charge < -0.3 is 14.5 Å². The Labute approximate surface area is 188 Å². The first kappa shape index (κ1) is 21.9. The van der Waals surface area contributed by atoms with E-state index in [0.29, 0.717) is 43.3 Å². The SMILES string of the molecule is CC(C)c1ccc(OCC(=O)N2CCC(N3CC(=O)N(c4ccccc4)C3=O)CC2)cc1. The highest BCUT2D eigenvalue weighted by molar-refractivity contribution is 6.19. The Morgan fingerprint density at radius 1 is 1.00 bits per heavy atom. The van der Waals surface area contributed by atoms with Gasteiger partial charge in [-0.15, -0.1) is 0 Å². The van der Waals surface area contributed by atoms with Gasteiger partial charge in [-0.25, -0.2) is 9.69 Å². The van der Waals surface area contributed by atoms with Gasteiger partial charge in [-0.3, -0.25) is 9.59 Å². The molecule has 0 atom stereocenters. The summed E-state index contributed by atoms with van der Waals surface area (Å²) < 4.78 is 5.67. The second-order valence-electron chi connectivity index (χ2n) is 8.60. The van der Waals surface area contributed by atoms with E-state index in [1.54, 1.807) is 21.9 Å². The van der Waals surface area contributed by atoms with Crippen molar-refractivity contribution in [1.82, 2.24) is 9.80 Å². The molecule has 2 aliphatic heterocycles. The van der Waals surface area contributed by atoms with Crippen LogP contribution in [0.15, 0.2) is 54.6 Å². The monoisotopic (exact) mass is 435 g/mol. The summed E-state index contributed by atoms with van der Waals surface area (Å²) in [5.74, 6) is 0.854. The predicted molar refractivity (Wildman–Crippen MR) is 122 cm³/mol. The van der Waals surface area contributed by atoms with Crippen LogP contribution in [0.3, 0.4) is 0 Å². The Kier molecular flexibility index (Phi) is 6.44. The molecular weight excluding hydrogens is 406 g/mol. The van der Waals surface area contributed by atoms with Crippen LogP contribution in [0.5, 0.6) is 5.75 Å². The molecular formula is C25H29N3O4. The molecule has 0 aromatic heterocycles. The van der Waals surface area contributed by atoms with Crippen LogP contribution in [0.2, 0.25) is 0 Å². The average Bonchev–Trinajstić information content (AvgIpc) is 3.12. The van der Waals surface area contributed by atoms with Gasteiger partial charge in [-0.2, -0.15) is 0 Å². The molecule has 4 amide bonds. The van der Waals surface area contributed by atoms with Gasteiger partial charge in [-0.1, -0.05) is 44.2 Å². The van der Waals surface area contributed by atoms with E-state index in [1.165, 1.54) is 10.5 Å². The molecule has 32 heavy (non-hydrogen) atoms. The number of nitrogens with zero attached hydrogens (tertiary/aromatic N) is 3. The summed E-state index contributed by atoms with van der Waals surface area (Å²) >= 11 is 0. The summed E-state index contributed by atoms with van der Waals surface area (Å²) in [4.78, 5) is 42.6. The lowest BCUT2D eigenvalue weighted by atomic mass is 10.0. The smallest absolute Gasteiger partial charge is 0.332 e.